The van der Waals surface area contributed by atoms with Crippen LogP contribution < -0.4 is 5.32 Å². The van der Waals surface area contributed by atoms with E-state index in [0.717, 1.165) is 29.3 Å². The first-order chi connectivity index (χ1) is 10.6. The maximum absolute atomic E-state index is 12.4. The van der Waals surface area contributed by atoms with Gasteiger partial charge in [0.05, 0.1) is 11.8 Å². The number of carboxylic acid groups (broad SMARTS) is 1. The van der Waals surface area contributed by atoms with Crippen LogP contribution in [0.5, 0.6) is 0 Å². The normalized spacial score (nSPS) is 21.5. The molecule has 0 saturated heterocycles. The zero-order chi connectivity index (χ0) is 15.5. The van der Waals surface area contributed by atoms with E-state index in [4.69, 9.17) is 0 Å². The molecular weight excluding hydrogens is 278 g/mol. The summed E-state index contributed by atoms with van der Waals surface area (Å²) in [5.41, 5.74) is 0.721. The highest BCUT2D eigenvalue weighted by atomic mass is 16.4. The van der Waals surface area contributed by atoms with Crippen molar-refractivity contribution in [1.82, 2.24) is 0 Å². The Hall–Kier alpha value is -2.36. The molecule has 22 heavy (non-hydrogen) atoms. The van der Waals surface area contributed by atoms with Gasteiger partial charge in [0.15, 0.2) is 0 Å². The lowest BCUT2D eigenvalue weighted by molar-refractivity contribution is -0.147. The van der Waals surface area contributed by atoms with Crippen LogP contribution in [-0.4, -0.2) is 17.0 Å². The van der Waals surface area contributed by atoms with Crippen LogP contribution in [0, 0.1) is 11.8 Å². The molecular formula is C18H19NO3. The predicted molar refractivity (Wildman–Crippen MR) is 85.7 cm³/mol. The molecule has 4 nitrogen and oxygen atoms in total. The number of rotatable bonds is 3. The van der Waals surface area contributed by atoms with Crippen LogP contribution >= 0.6 is 0 Å². The molecule has 1 fully saturated rings. The molecule has 0 bridgehead atoms. The Morgan fingerprint density at radius 1 is 0.955 bits per heavy atom. The van der Waals surface area contributed by atoms with Crippen molar-refractivity contribution in [3.63, 3.8) is 0 Å². The molecule has 1 saturated carbocycles. The van der Waals surface area contributed by atoms with Gasteiger partial charge in [0, 0.05) is 5.69 Å². The fourth-order valence-corrected chi connectivity index (χ4v) is 3.24. The second-order valence-corrected chi connectivity index (χ2v) is 5.89. The zero-order valence-electron chi connectivity index (χ0n) is 12.3. The van der Waals surface area contributed by atoms with Gasteiger partial charge < -0.3 is 10.4 Å². The molecule has 2 aromatic rings. The van der Waals surface area contributed by atoms with Gasteiger partial charge in [-0.15, -0.1) is 0 Å². The molecule has 0 aromatic heterocycles. The van der Waals surface area contributed by atoms with Crippen molar-refractivity contribution in [1.29, 1.82) is 0 Å². The number of hydrogen-bond acceptors (Lipinski definition) is 2. The van der Waals surface area contributed by atoms with Gasteiger partial charge in [-0.25, -0.2) is 0 Å². The van der Waals surface area contributed by atoms with Crippen LogP contribution in [0.15, 0.2) is 42.5 Å². The Labute approximate surface area is 129 Å². The van der Waals surface area contributed by atoms with Crippen molar-refractivity contribution in [3.05, 3.63) is 42.5 Å². The third-order valence-corrected chi connectivity index (χ3v) is 4.44. The Bertz CT molecular complexity index is 710. The molecule has 2 atom stereocenters. The first kappa shape index (κ1) is 14.6. The lowest BCUT2D eigenvalue weighted by Crippen LogP contribution is -2.36. The first-order valence-electron chi connectivity index (χ1n) is 7.67. The Balaban J connectivity index is 1.78. The fraction of sp³-hybridized carbons (Fsp3) is 0.333. The monoisotopic (exact) mass is 297 g/mol. The second kappa shape index (κ2) is 6.18. The maximum atomic E-state index is 12.4. The van der Waals surface area contributed by atoms with Crippen LogP contribution in [0.3, 0.4) is 0 Å². The lowest BCUT2D eigenvalue weighted by atomic mass is 9.78. The van der Waals surface area contributed by atoms with Crippen LogP contribution in [0.1, 0.15) is 25.7 Å². The molecule has 114 valence electrons. The highest BCUT2D eigenvalue weighted by Gasteiger charge is 2.35. The largest absolute Gasteiger partial charge is 0.481 e. The van der Waals surface area contributed by atoms with Gasteiger partial charge in [0.2, 0.25) is 5.91 Å². The molecule has 3 rings (SSSR count). The number of hydrogen-bond donors (Lipinski definition) is 2. The first-order valence-corrected chi connectivity index (χ1v) is 7.67. The van der Waals surface area contributed by atoms with Crippen LogP contribution in [0.25, 0.3) is 10.8 Å². The molecule has 4 heteroatoms. The number of fused-ring (bicyclic) bond motifs is 1. The third-order valence-electron chi connectivity index (χ3n) is 4.44. The van der Waals surface area contributed by atoms with E-state index in [1.54, 1.807) is 0 Å². The number of carboxylic acids is 1. The second-order valence-electron chi connectivity index (χ2n) is 5.89. The minimum Gasteiger partial charge on any atom is -0.481 e. The van der Waals surface area contributed by atoms with E-state index in [9.17, 15) is 14.7 Å². The van der Waals surface area contributed by atoms with Gasteiger partial charge in [-0.1, -0.05) is 43.2 Å². The fourth-order valence-electron chi connectivity index (χ4n) is 3.24. The van der Waals surface area contributed by atoms with Gasteiger partial charge in [-0.3, -0.25) is 9.59 Å². The van der Waals surface area contributed by atoms with E-state index in [2.05, 4.69) is 5.32 Å². The Morgan fingerprint density at radius 3 is 2.36 bits per heavy atom. The summed E-state index contributed by atoms with van der Waals surface area (Å²) in [5.74, 6) is -2.03. The Morgan fingerprint density at radius 2 is 1.64 bits per heavy atom. The average Bonchev–Trinajstić information content (AvgIpc) is 2.54. The summed E-state index contributed by atoms with van der Waals surface area (Å²) < 4.78 is 0. The summed E-state index contributed by atoms with van der Waals surface area (Å²) in [6.45, 7) is 0. The number of nitrogens with one attached hydrogen (secondary N) is 1. The highest BCUT2D eigenvalue weighted by molar-refractivity contribution is 5.97. The SMILES string of the molecule is O=C(Nc1ccc2ccccc2c1)[C@H]1CCCC[C@H]1C(=O)O. The van der Waals surface area contributed by atoms with Gasteiger partial charge in [-0.2, -0.15) is 0 Å². The van der Waals surface area contributed by atoms with E-state index >= 15 is 0 Å². The molecule has 0 unspecified atom stereocenters. The molecule has 1 amide bonds. The smallest absolute Gasteiger partial charge is 0.307 e. The van der Waals surface area contributed by atoms with Gasteiger partial charge >= 0.3 is 5.97 Å². The molecule has 1 aliphatic carbocycles. The molecule has 0 aliphatic heterocycles. The molecule has 0 heterocycles. The molecule has 2 aromatic carbocycles. The minimum atomic E-state index is -0.863. The summed E-state index contributed by atoms with van der Waals surface area (Å²) in [7, 11) is 0. The molecule has 2 N–H and O–H groups in total. The van der Waals surface area contributed by atoms with Gasteiger partial charge in [-0.05, 0) is 35.7 Å². The summed E-state index contributed by atoms with van der Waals surface area (Å²) in [5, 5.41) is 14.3. The molecule has 0 spiro atoms. The van der Waals surface area contributed by atoms with Crippen LogP contribution in [0.4, 0.5) is 5.69 Å². The van der Waals surface area contributed by atoms with Crippen molar-refractivity contribution >= 4 is 28.3 Å². The van der Waals surface area contributed by atoms with Crippen molar-refractivity contribution in [2.75, 3.05) is 5.32 Å². The summed E-state index contributed by atoms with van der Waals surface area (Å²) in [6, 6.07) is 13.7. The number of benzene rings is 2. The number of carbonyl (C=O) groups is 2. The molecule has 1 aliphatic rings. The van der Waals surface area contributed by atoms with E-state index in [0.29, 0.717) is 12.8 Å². The predicted octanol–water partition coefficient (Wildman–Crippen LogP) is 3.67. The van der Waals surface area contributed by atoms with Crippen molar-refractivity contribution < 1.29 is 14.7 Å². The topological polar surface area (TPSA) is 66.4 Å². The number of carbonyl (C=O) groups excluding carboxylic acids is 1. The van der Waals surface area contributed by atoms with E-state index < -0.39 is 17.8 Å². The highest BCUT2D eigenvalue weighted by Crippen LogP contribution is 2.31. The van der Waals surface area contributed by atoms with Crippen LogP contribution in [-0.2, 0) is 9.59 Å². The number of amides is 1. The summed E-state index contributed by atoms with van der Waals surface area (Å²) in [6.07, 6.45) is 3.04. The van der Waals surface area contributed by atoms with Crippen LogP contribution in [0.2, 0.25) is 0 Å². The average molecular weight is 297 g/mol. The standard InChI is InChI=1S/C18H19NO3/c20-17(15-7-3-4-8-16(15)18(21)22)19-14-10-9-12-5-1-2-6-13(12)11-14/h1-2,5-6,9-11,15-16H,3-4,7-8H2,(H,19,20)(H,21,22)/t15-,16+/m0/s1. The summed E-state index contributed by atoms with van der Waals surface area (Å²) in [4.78, 5) is 23.8. The Kier molecular flexibility index (Phi) is 4.09. The van der Waals surface area contributed by atoms with Gasteiger partial charge in [0.1, 0.15) is 0 Å². The quantitative estimate of drug-likeness (QED) is 0.908. The minimum absolute atomic E-state index is 0.178. The number of anilines is 1. The van der Waals surface area contributed by atoms with E-state index in [-0.39, 0.29) is 5.91 Å². The van der Waals surface area contributed by atoms with Crippen molar-refractivity contribution in [2.45, 2.75) is 25.7 Å². The summed E-state index contributed by atoms with van der Waals surface area (Å²) >= 11 is 0. The maximum Gasteiger partial charge on any atom is 0.307 e. The third kappa shape index (κ3) is 2.96. The molecule has 0 radical (unpaired) electrons. The zero-order valence-corrected chi connectivity index (χ0v) is 12.3. The van der Waals surface area contributed by atoms with E-state index in [1.165, 1.54) is 0 Å². The number of aliphatic carboxylic acids is 1. The van der Waals surface area contributed by atoms with E-state index in [1.807, 2.05) is 42.5 Å². The lowest BCUT2D eigenvalue weighted by Gasteiger charge is -2.27. The van der Waals surface area contributed by atoms with Crippen molar-refractivity contribution in [2.24, 2.45) is 11.8 Å². The van der Waals surface area contributed by atoms with Crippen molar-refractivity contribution in [3.8, 4) is 0 Å². The van der Waals surface area contributed by atoms with Gasteiger partial charge in [0.25, 0.3) is 0 Å².